The molecule has 2 rings (SSSR count). The zero-order valence-electron chi connectivity index (χ0n) is 7.26. The predicted octanol–water partition coefficient (Wildman–Crippen LogP) is 3.59. The van der Waals surface area contributed by atoms with Gasteiger partial charge in [-0.3, -0.25) is 0 Å². The highest BCUT2D eigenvalue weighted by molar-refractivity contribution is 7.69. The van der Waals surface area contributed by atoms with Gasteiger partial charge in [-0.25, -0.2) is 0 Å². The average Bonchev–Trinajstić information content (AvgIpc) is 2.54. The molecule has 0 saturated heterocycles. The zero-order valence-corrected chi connectivity index (χ0v) is 8.15. The van der Waals surface area contributed by atoms with Crippen LogP contribution in [0.3, 0.4) is 0 Å². The fourth-order valence-corrected chi connectivity index (χ4v) is 3.29. The smallest absolute Gasteiger partial charge is 0.133 e. The SMILES string of the molecule is O=P1(Cc2ccccc2)C=CC=C1. The summed E-state index contributed by atoms with van der Waals surface area (Å²) in [6.07, 6.45) is 4.38. The number of hydrogen-bond acceptors (Lipinski definition) is 1. The van der Waals surface area contributed by atoms with E-state index in [4.69, 9.17) is 0 Å². The van der Waals surface area contributed by atoms with E-state index in [1.54, 1.807) is 0 Å². The van der Waals surface area contributed by atoms with E-state index in [2.05, 4.69) is 0 Å². The molecule has 0 fully saturated rings. The first kappa shape index (κ1) is 8.52. The Hall–Kier alpha value is -1.07. The van der Waals surface area contributed by atoms with Crippen LogP contribution in [0.1, 0.15) is 5.56 Å². The van der Waals surface area contributed by atoms with Gasteiger partial charge < -0.3 is 4.57 Å². The molecule has 13 heavy (non-hydrogen) atoms. The third-order valence-corrected chi connectivity index (χ3v) is 4.27. The van der Waals surface area contributed by atoms with E-state index in [-0.39, 0.29) is 0 Å². The van der Waals surface area contributed by atoms with Crippen molar-refractivity contribution in [3.05, 3.63) is 59.7 Å². The Labute approximate surface area is 78.2 Å². The average molecular weight is 190 g/mol. The van der Waals surface area contributed by atoms with Crippen molar-refractivity contribution in [1.29, 1.82) is 0 Å². The summed E-state index contributed by atoms with van der Waals surface area (Å²) in [5, 5.41) is 0. The van der Waals surface area contributed by atoms with Crippen LogP contribution < -0.4 is 0 Å². The molecule has 0 aliphatic carbocycles. The van der Waals surface area contributed by atoms with Crippen molar-refractivity contribution in [3.8, 4) is 0 Å². The molecule has 1 aliphatic rings. The summed E-state index contributed by atoms with van der Waals surface area (Å²) in [5.41, 5.74) is 1.14. The van der Waals surface area contributed by atoms with Gasteiger partial charge in [0.15, 0.2) is 0 Å². The van der Waals surface area contributed by atoms with E-state index in [9.17, 15) is 4.57 Å². The Bertz CT molecular complexity index is 374. The van der Waals surface area contributed by atoms with Gasteiger partial charge in [-0.05, 0) is 17.2 Å². The molecule has 1 nitrogen and oxygen atoms in total. The van der Waals surface area contributed by atoms with Gasteiger partial charge in [0.05, 0.1) is 0 Å². The molecule has 0 aromatic heterocycles. The van der Waals surface area contributed by atoms with Crippen molar-refractivity contribution in [2.45, 2.75) is 6.16 Å². The van der Waals surface area contributed by atoms with Gasteiger partial charge >= 0.3 is 0 Å². The van der Waals surface area contributed by atoms with Crippen LogP contribution in [-0.4, -0.2) is 0 Å². The highest BCUT2D eigenvalue weighted by Gasteiger charge is 2.16. The van der Waals surface area contributed by atoms with Crippen LogP contribution in [0.4, 0.5) is 0 Å². The largest absolute Gasteiger partial charge is 0.315 e. The number of rotatable bonds is 2. The van der Waals surface area contributed by atoms with Crippen LogP contribution >= 0.6 is 7.14 Å². The maximum atomic E-state index is 12.0. The lowest BCUT2D eigenvalue weighted by Crippen LogP contribution is -1.81. The van der Waals surface area contributed by atoms with Gasteiger partial charge in [0.2, 0.25) is 0 Å². The van der Waals surface area contributed by atoms with Crippen molar-refractivity contribution in [2.24, 2.45) is 0 Å². The number of benzene rings is 1. The van der Waals surface area contributed by atoms with E-state index in [1.807, 2.05) is 54.1 Å². The van der Waals surface area contributed by atoms with Crippen LogP contribution in [0, 0.1) is 0 Å². The van der Waals surface area contributed by atoms with Gasteiger partial charge in [0, 0.05) is 6.16 Å². The van der Waals surface area contributed by atoms with Crippen molar-refractivity contribution in [3.63, 3.8) is 0 Å². The summed E-state index contributed by atoms with van der Waals surface area (Å²) in [4.78, 5) is 0. The summed E-state index contributed by atoms with van der Waals surface area (Å²) in [6, 6.07) is 9.95. The van der Waals surface area contributed by atoms with Crippen LogP contribution in [0.25, 0.3) is 0 Å². The highest BCUT2D eigenvalue weighted by Crippen LogP contribution is 2.54. The van der Waals surface area contributed by atoms with Crippen LogP contribution in [0.2, 0.25) is 0 Å². The quantitative estimate of drug-likeness (QED) is 0.651. The lowest BCUT2D eigenvalue weighted by Gasteiger charge is -2.06. The minimum atomic E-state index is -2.15. The minimum Gasteiger partial charge on any atom is -0.315 e. The Morgan fingerprint density at radius 2 is 1.62 bits per heavy atom. The zero-order chi connectivity index (χ0) is 9.15. The molecule has 1 aliphatic heterocycles. The molecule has 0 spiro atoms. The molecule has 0 N–H and O–H groups in total. The van der Waals surface area contributed by atoms with Gasteiger partial charge in [0.1, 0.15) is 7.14 Å². The molecule has 0 bridgehead atoms. The van der Waals surface area contributed by atoms with Gasteiger partial charge in [-0.15, -0.1) is 0 Å². The number of hydrogen-bond donors (Lipinski definition) is 0. The van der Waals surface area contributed by atoms with Crippen molar-refractivity contribution in [2.75, 3.05) is 0 Å². The number of allylic oxidation sites excluding steroid dienone is 2. The highest BCUT2D eigenvalue weighted by atomic mass is 31.2. The molecular weight excluding hydrogens is 179 g/mol. The fraction of sp³-hybridized carbons (Fsp3) is 0.0909. The molecule has 1 aromatic rings. The summed E-state index contributed by atoms with van der Waals surface area (Å²) in [7, 11) is -2.15. The normalized spacial score (nSPS) is 17.8. The van der Waals surface area contributed by atoms with Crippen LogP contribution in [-0.2, 0) is 10.7 Å². The minimum absolute atomic E-state index is 0.654. The topological polar surface area (TPSA) is 17.1 Å². The van der Waals surface area contributed by atoms with E-state index in [1.165, 1.54) is 0 Å². The first-order valence-electron chi connectivity index (χ1n) is 4.28. The Balaban J connectivity index is 2.20. The molecule has 1 heterocycles. The third-order valence-electron chi connectivity index (χ3n) is 2.06. The summed E-state index contributed by atoms with van der Waals surface area (Å²) in [6.45, 7) is 0. The van der Waals surface area contributed by atoms with E-state index in [0.717, 1.165) is 5.56 Å². The molecule has 1 aromatic carbocycles. The Morgan fingerprint density at radius 1 is 1.00 bits per heavy atom. The standard InChI is InChI=1S/C11H11OP/c12-13(8-4-5-9-13)10-11-6-2-1-3-7-11/h1-9H,10H2. The summed E-state index contributed by atoms with van der Waals surface area (Å²) >= 11 is 0. The van der Waals surface area contributed by atoms with Crippen LogP contribution in [0.5, 0.6) is 0 Å². The van der Waals surface area contributed by atoms with Gasteiger partial charge in [-0.1, -0.05) is 42.5 Å². The lowest BCUT2D eigenvalue weighted by molar-refractivity contribution is 0.586. The molecule has 0 radical (unpaired) electrons. The second kappa shape index (κ2) is 3.35. The van der Waals surface area contributed by atoms with Crippen molar-refractivity contribution in [1.82, 2.24) is 0 Å². The fourth-order valence-electron chi connectivity index (χ4n) is 1.41. The first-order chi connectivity index (χ1) is 6.29. The maximum Gasteiger partial charge on any atom is 0.133 e. The summed E-state index contributed by atoms with van der Waals surface area (Å²) in [5.74, 6) is 3.64. The Kier molecular flexibility index (Phi) is 2.20. The monoisotopic (exact) mass is 190 g/mol. The van der Waals surface area contributed by atoms with Crippen LogP contribution in [0.15, 0.2) is 54.1 Å². The third kappa shape index (κ3) is 1.99. The molecular formula is C11H11OP. The van der Waals surface area contributed by atoms with E-state index in [0.29, 0.717) is 6.16 Å². The van der Waals surface area contributed by atoms with E-state index < -0.39 is 7.14 Å². The molecule has 0 saturated carbocycles. The lowest BCUT2D eigenvalue weighted by atomic mass is 10.2. The first-order valence-corrected chi connectivity index (χ1v) is 6.31. The predicted molar refractivity (Wildman–Crippen MR) is 56.0 cm³/mol. The molecule has 66 valence electrons. The van der Waals surface area contributed by atoms with Gasteiger partial charge in [-0.2, -0.15) is 0 Å². The maximum absolute atomic E-state index is 12.0. The molecule has 0 unspecified atom stereocenters. The Morgan fingerprint density at radius 3 is 2.23 bits per heavy atom. The molecule has 0 amide bonds. The van der Waals surface area contributed by atoms with Crippen molar-refractivity contribution < 1.29 is 4.57 Å². The molecule has 0 atom stereocenters. The van der Waals surface area contributed by atoms with E-state index >= 15 is 0 Å². The molecule has 2 heteroatoms. The van der Waals surface area contributed by atoms with Crippen molar-refractivity contribution >= 4 is 7.14 Å². The van der Waals surface area contributed by atoms with Gasteiger partial charge in [0.25, 0.3) is 0 Å². The second-order valence-electron chi connectivity index (χ2n) is 3.18. The summed E-state index contributed by atoms with van der Waals surface area (Å²) < 4.78 is 12.0. The second-order valence-corrected chi connectivity index (χ2v) is 5.80.